The summed E-state index contributed by atoms with van der Waals surface area (Å²) in [7, 11) is 0. The number of hydrogen-bond donors (Lipinski definition) is 1. The van der Waals surface area contributed by atoms with Crippen LogP contribution in [0, 0.1) is 6.92 Å². The molecule has 0 unspecified atom stereocenters. The third kappa shape index (κ3) is 3.66. The van der Waals surface area contributed by atoms with Gasteiger partial charge in [0.1, 0.15) is 5.01 Å². The molecule has 18 heavy (non-hydrogen) atoms. The van der Waals surface area contributed by atoms with Crippen LogP contribution in [0.25, 0.3) is 0 Å². The third-order valence-electron chi connectivity index (χ3n) is 2.17. The van der Waals surface area contributed by atoms with Gasteiger partial charge in [0.05, 0.1) is 13.2 Å². The molecular weight excluding hydrogens is 248 g/mol. The van der Waals surface area contributed by atoms with Crippen molar-refractivity contribution in [3.8, 4) is 5.88 Å². The number of rotatable bonds is 6. The average molecular weight is 264 g/mol. The van der Waals surface area contributed by atoms with Crippen molar-refractivity contribution >= 4 is 17.3 Å². The number of hydrogen-bond acceptors (Lipinski definition) is 6. The van der Waals surface area contributed by atoms with Crippen LogP contribution in [0.1, 0.15) is 24.0 Å². The van der Waals surface area contributed by atoms with Gasteiger partial charge in [-0.15, -0.1) is 11.3 Å². The van der Waals surface area contributed by atoms with Gasteiger partial charge in [0.2, 0.25) is 11.8 Å². The maximum absolute atomic E-state index is 5.51. The predicted octanol–water partition coefficient (Wildman–Crippen LogP) is 2.64. The fourth-order valence-electron chi connectivity index (χ4n) is 1.39. The van der Waals surface area contributed by atoms with Gasteiger partial charge in [0, 0.05) is 23.3 Å². The molecule has 0 amide bonds. The number of aromatic nitrogens is 3. The minimum atomic E-state index is 0.580. The second kappa shape index (κ2) is 6.30. The highest BCUT2D eigenvalue weighted by molar-refractivity contribution is 7.09. The first-order valence-corrected chi connectivity index (χ1v) is 6.76. The Morgan fingerprint density at radius 2 is 2.28 bits per heavy atom. The van der Waals surface area contributed by atoms with E-state index in [4.69, 9.17) is 4.74 Å². The third-order valence-corrected chi connectivity index (χ3v) is 2.95. The minimum absolute atomic E-state index is 0.580. The minimum Gasteiger partial charge on any atom is -0.478 e. The molecule has 5 nitrogen and oxygen atoms in total. The summed E-state index contributed by atoms with van der Waals surface area (Å²) in [6.45, 7) is 5.29. The van der Waals surface area contributed by atoms with Gasteiger partial charge in [0.25, 0.3) is 0 Å². The lowest BCUT2D eigenvalue weighted by atomic mass is 10.4. The van der Waals surface area contributed by atoms with Crippen LogP contribution >= 0.6 is 11.3 Å². The molecule has 0 bridgehead atoms. The lowest BCUT2D eigenvalue weighted by Crippen LogP contribution is -2.06. The number of nitrogens with one attached hydrogen (secondary N) is 1. The van der Waals surface area contributed by atoms with Crippen LogP contribution in [-0.2, 0) is 6.54 Å². The summed E-state index contributed by atoms with van der Waals surface area (Å²) in [5, 5.41) is 6.11. The van der Waals surface area contributed by atoms with Crippen LogP contribution in [-0.4, -0.2) is 21.6 Å². The molecule has 0 aliphatic carbocycles. The number of nitrogens with zero attached hydrogens (tertiary/aromatic N) is 3. The first kappa shape index (κ1) is 12.8. The first-order chi connectivity index (χ1) is 8.78. The SMILES string of the molecule is CCCOc1cc(C)nc(NCc2nccs2)n1. The first-order valence-electron chi connectivity index (χ1n) is 5.88. The summed E-state index contributed by atoms with van der Waals surface area (Å²) in [6.07, 6.45) is 2.75. The molecule has 1 N–H and O–H groups in total. The van der Waals surface area contributed by atoms with Crippen LogP contribution in [0.4, 0.5) is 5.95 Å². The zero-order chi connectivity index (χ0) is 12.8. The maximum Gasteiger partial charge on any atom is 0.226 e. The summed E-state index contributed by atoms with van der Waals surface area (Å²) in [5.41, 5.74) is 0.887. The van der Waals surface area contributed by atoms with Crippen LogP contribution in [0.15, 0.2) is 17.6 Å². The Labute approximate surface area is 110 Å². The Morgan fingerprint density at radius 3 is 3.00 bits per heavy atom. The van der Waals surface area contributed by atoms with E-state index >= 15 is 0 Å². The standard InChI is InChI=1S/C12H16N4OS/c1-3-5-17-10-7-9(2)15-12(16-10)14-8-11-13-4-6-18-11/h4,6-7H,3,5,8H2,1-2H3,(H,14,15,16). The fraction of sp³-hybridized carbons (Fsp3) is 0.417. The predicted molar refractivity (Wildman–Crippen MR) is 72.0 cm³/mol. The van der Waals surface area contributed by atoms with E-state index in [0.717, 1.165) is 17.1 Å². The average Bonchev–Trinajstić information content (AvgIpc) is 2.86. The van der Waals surface area contributed by atoms with E-state index < -0.39 is 0 Å². The smallest absolute Gasteiger partial charge is 0.226 e. The zero-order valence-corrected chi connectivity index (χ0v) is 11.3. The highest BCUT2D eigenvalue weighted by atomic mass is 32.1. The van der Waals surface area contributed by atoms with E-state index in [0.29, 0.717) is 25.0 Å². The lowest BCUT2D eigenvalue weighted by molar-refractivity contribution is 0.305. The van der Waals surface area contributed by atoms with Crippen LogP contribution in [0.3, 0.4) is 0 Å². The molecule has 0 fully saturated rings. The molecular formula is C12H16N4OS. The molecule has 0 aliphatic heterocycles. The summed E-state index contributed by atoms with van der Waals surface area (Å²) in [4.78, 5) is 12.8. The van der Waals surface area contributed by atoms with Crippen LogP contribution < -0.4 is 10.1 Å². The van der Waals surface area contributed by atoms with E-state index in [1.165, 1.54) is 0 Å². The quantitative estimate of drug-likeness (QED) is 0.869. The zero-order valence-electron chi connectivity index (χ0n) is 10.5. The van der Waals surface area contributed by atoms with Gasteiger partial charge < -0.3 is 10.1 Å². The van der Waals surface area contributed by atoms with Crippen molar-refractivity contribution in [3.05, 3.63) is 28.3 Å². The van der Waals surface area contributed by atoms with Crippen LogP contribution in [0.5, 0.6) is 5.88 Å². The summed E-state index contributed by atoms with van der Waals surface area (Å²) in [5.74, 6) is 1.20. The summed E-state index contributed by atoms with van der Waals surface area (Å²) >= 11 is 1.60. The normalized spacial score (nSPS) is 10.3. The van der Waals surface area contributed by atoms with Crippen molar-refractivity contribution in [3.63, 3.8) is 0 Å². The molecule has 0 saturated carbocycles. The van der Waals surface area contributed by atoms with Crippen LogP contribution in [0.2, 0.25) is 0 Å². The highest BCUT2D eigenvalue weighted by Crippen LogP contribution is 2.13. The lowest BCUT2D eigenvalue weighted by Gasteiger charge is -2.07. The van der Waals surface area contributed by atoms with Crippen molar-refractivity contribution in [1.29, 1.82) is 0 Å². The molecule has 6 heteroatoms. The van der Waals surface area contributed by atoms with Crippen molar-refractivity contribution < 1.29 is 4.74 Å². The Hall–Kier alpha value is -1.69. The Morgan fingerprint density at radius 1 is 1.39 bits per heavy atom. The summed E-state index contributed by atoms with van der Waals surface area (Å²) in [6, 6.07) is 1.84. The van der Waals surface area contributed by atoms with Gasteiger partial charge in [-0.05, 0) is 13.3 Å². The maximum atomic E-state index is 5.51. The molecule has 2 rings (SSSR count). The largest absolute Gasteiger partial charge is 0.478 e. The van der Waals surface area contributed by atoms with Gasteiger partial charge in [-0.25, -0.2) is 9.97 Å². The van der Waals surface area contributed by atoms with Crippen molar-refractivity contribution in [1.82, 2.24) is 15.0 Å². The van der Waals surface area contributed by atoms with Crippen molar-refractivity contribution in [2.45, 2.75) is 26.8 Å². The van der Waals surface area contributed by atoms with E-state index in [1.54, 1.807) is 17.5 Å². The molecule has 0 aliphatic rings. The highest BCUT2D eigenvalue weighted by Gasteiger charge is 2.03. The van der Waals surface area contributed by atoms with Gasteiger partial charge in [0.15, 0.2) is 0 Å². The van der Waals surface area contributed by atoms with Gasteiger partial charge >= 0.3 is 0 Å². The van der Waals surface area contributed by atoms with Gasteiger partial charge in [-0.2, -0.15) is 4.98 Å². The Balaban J connectivity index is 2.00. The molecule has 0 atom stereocenters. The number of ether oxygens (including phenoxy) is 1. The molecule has 0 radical (unpaired) electrons. The second-order valence-electron chi connectivity index (χ2n) is 3.80. The topological polar surface area (TPSA) is 59.9 Å². The number of thiazole rings is 1. The van der Waals surface area contributed by atoms with E-state index in [2.05, 4.69) is 27.2 Å². The Bertz CT molecular complexity index is 487. The summed E-state index contributed by atoms with van der Waals surface area (Å²) < 4.78 is 5.51. The van der Waals surface area contributed by atoms with E-state index in [9.17, 15) is 0 Å². The molecule has 2 heterocycles. The van der Waals surface area contributed by atoms with E-state index in [1.807, 2.05) is 18.4 Å². The molecule has 96 valence electrons. The fourth-order valence-corrected chi connectivity index (χ4v) is 1.95. The number of aryl methyl sites for hydroxylation is 1. The molecule has 0 saturated heterocycles. The van der Waals surface area contributed by atoms with Gasteiger partial charge in [-0.1, -0.05) is 6.92 Å². The number of anilines is 1. The second-order valence-corrected chi connectivity index (χ2v) is 4.78. The Kier molecular flexibility index (Phi) is 4.46. The van der Waals surface area contributed by atoms with E-state index in [-0.39, 0.29) is 0 Å². The van der Waals surface area contributed by atoms with Gasteiger partial charge in [-0.3, -0.25) is 0 Å². The molecule has 2 aromatic heterocycles. The monoisotopic (exact) mass is 264 g/mol. The van der Waals surface area contributed by atoms with Crippen molar-refractivity contribution in [2.75, 3.05) is 11.9 Å². The molecule has 2 aromatic rings. The molecule has 0 aromatic carbocycles. The van der Waals surface area contributed by atoms with Crippen molar-refractivity contribution in [2.24, 2.45) is 0 Å². The molecule has 0 spiro atoms.